The predicted octanol–water partition coefficient (Wildman–Crippen LogP) is 3.40. The number of fused-ring (bicyclic) bond motifs is 1. The quantitative estimate of drug-likeness (QED) is 0.648. The summed E-state index contributed by atoms with van der Waals surface area (Å²) in [6, 6.07) is 11.5. The second-order valence-electron chi connectivity index (χ2n) is 6.95. The molecule has 0 bridgehead atoms. The van der Waals surface area contributed by atoms with E-state index in [2.05, 4.69) is 4.72 Å². The zero-order valence-corrected chi connectivity index (χ0v) is 17.6. The number of hydrogen-bond donors (Lipinski definition) is 1. The largest absolute Gasteiger partial charge is 0.312 e. The zero-order chi connectivity index (χ0) is 20.6. The minimum atomic E-state index is -3.83. The molecule has 1 aliphatic rings. The second-order valence-corrected chi connectivity index (χ2v) is 9.63. The lowest BCUT2D eigenvalue weighted by Crippen LogP contribution is -2.23. The summed E-state index contributed by atoms with van der Waals surface area (Å²) in [4.78, 5) is 25.8. The highest BCUT2D eigenvalue weighted by molar-refractivity contribution is 7.92. The molecule has 1 N–H and O–H groups in total. The van der Waals surface area contributed by atoms with Crippen molar-refractivity contribution < 1.29 is 13.2 Å². The third kappa shape index (κ3) is 3.79. The number of anilines is 2. The van der Waals surface area contributed by atoms with Gasteiger partial charge in [0.05, 0.1) is 20.8 Å². The number of aromatic nitrogens is 1. The van der Waals surface area contributed by atoms with Crippen LogP contribution in [0.3, 0.4) is 0 Å². The molecule has 0 atom stereocenters. The molecule has 7 nitrogen and oxygen atoms in total. The molecule has 29 heavy (non-hydrogen) atoms. The molecular formula is C20H21N3O4S2. The fourth-order valence-corrected chi connectivity index (χ4v) is 5.63. The molecule has 0 spiro atoms. The predicted molar refractivity (Wildman–Crippen MR) is 115 cm³/mol. The van der Waals surface area contributed by atoms with Gasteiger partial charge in [-0.25, -0.2) is 8.42 Å². The van der Waals surface area contributed by atoms with Crippen LogP contribution in [0.4, 0.5) is 11.4 Å². The Kier molecular flexibility index (Phi) is 5.18. The maximum Gasteiger partial charge on any atom is 0.308 e. The van der Waals surface area contributed by atoms with Crippen LogP contribution < -0.4 is 14.5 Å². The van der Waals surface area contributed by atoms with Gasteiger partial charge in [0, 0.05) is 25.2 Å². The molecule has 0 unspecified atom stereocenters. The molecule has 9 heteroatoms. The number of nitrogens with one attached hydrogen (secondary N) is 1. The minimum Gasteiger partial charge on any atom is -0.312 e. The summed E-state index contributed by atoms with van der Waals surface area (Å²) in [7, 11) is -3.83. The van der Waals surface area contributed by atoms with Crippen LogP contribution in [0.25, 0.3) is 10.2 Å². The summed E-state index contributed by atoms with van der Waals surface area (Å²) < 4.78 is 30.7. The van der Waals surface area contributed by atoms with Crippen LogP contribution in [-0.2, 0) is 21.4 Å². The van der Waals surface area contributed by atoms with Crippen molar-refractivity contribution in [3.05, 3.63) is 52.1 Å². The number of aryl methyl sites for hydroxylation is 1. The van der Waals surface area contributed by atoms with E-state index in [0.717, 1.165) is 29.7 Å². The van der Waals surface area contributed by atoms with E-state index in [1.807, 2.05) is 6.92 Å². The molecule has 1 fully saturated rings. The van der Waals surface area contributed by atoms with Gasteiger partial charge in [0.25, 0.3) is 10.0 Å². The number of sulfonamides is 1. The van der Waals surface area contributed by atoms with Crippen molar-refractivity contribution in [2.45, 2.75) is 37.6 Å². The number of benzene rings is 2. The van der Waals surface area contributed by atoms with Crippen LogP contribution in [0.2, 0.25) is 0 Å². The van der Waals surface area contributed by atoms with E-state index in [-0.39, 0.29) is 15.7 Å². The zero-order valence-electron chi connectivity index (χ0n) is 15.9. The fraction of sp³-hybridized carbons (Fsp3) is 0.300. The van der Waals surface area contributed by atoms with Gasteiger partial charge in [0.2, 0.25) is 5.91 Å². The van der Waals surface area contributed by atoms with Crippen molar-refractivity contribution in [2.24, 2.45) is 0 Å². The molecule has 152 valence electrons. The first-order valence-corrected chi connectivity index (χ1v) is 11.8. The highest BCUT2D eigenvalue weighted by Crippen LogP contribution is 2.27. The van der Waals surface area contributed by atoms with Gasteiger partial charge in [-0.2, -0.15) is 0 Å². The van der Waals surface area contributed by atoms with Crippen molar-refractivity contribution in [1.82, 2.24) is 4.57 Å². The van der Waals surface area contributed by atoms with Crippen LogP contribution in [0.15, 0.2) is 52.2 Å². The van der Waals surface area contributed by atoms with Gasteiger partial charge in [0.15, 0.2) is 0 Å². The Morgan fingerprint density at radius 1 is 1.14 bits per heavy atom. The lowest BCUT2D eigenvalue weighted by atomic mass is 10.2. The summed E-state index contributed by atoms with van der Waals surface area (Å²) in [6.45, 7) is 3.23. The molecule has 1 aromatic heterocycles. The van der Waals surface area contributed by atoms with Crippen molar-refractivity contribution in [3.8, 4) is 0 Å². The molecule has 0 radical (unpaired) electrons. The number of rotatable bonds is 6. The Balaban J connectivity index is 1.64. The number of amides is 1. The van der Waals surface area contributed by atoms with Gasteiger partial charge in [-0.15, -0.1) is 0 Å². The highest BCUT2D eigenvalue weighted by Gasteiger charge is 2.22. The van der Waals surface area contributed by atoms with Gasteiger partial charge in [-0.05, 0) is 49.2 Å². The van der Waals surface area contributed by atoms with Gasteiger partial charge in [0.1, 0.15) is 0 Å². The topological polar surface area (TPSA) is 88.5 Å². The van der Waals surface area contributed by atoms with Gasteiger partial charge in [-0.1, -0.05) is 24.3 Å². The lowest BCUT2D eigenvalue weighted by Gasteiger charge is -2.17. The Morgan fingerprint density at radius 2 is 1.97 bits per heavy atom. The van der Waals surface area contributed by atoms with Gasteiger partial charge < -0.3 is 4.90 Å². The average molecular weight is 432 g/mol. The molecule has 0 saturated carbocycles. The standard InChI is InChI=1S/C20H21N3O4S2/c1-2-10-23-17-9-8-16(13-18(17)28-20(23)25)29(26,27)21-14-5-3-6-15(12-14)22-11-4-7-19(22)24/h3,5-6,8-9,12-13,21H,2,4,7,10-11H2,1H3. The monoisotopic (exact) mass is 431 g/mol. The number of carbonyl (C=O) groups is 1. The van der Waals surface area contributed by atoms with Crippen LogP contribution >= 0.6 is 11.3 Å². The second kappa shape index (κ2) is 7.64. The molecule has 1 saturated heterocycles. The number of thiazole rings is 1. The maximum absolute atomic E-state index is 12.9. The van der Waals surface area contributed by atoms with Crippen LogP contribution in [-0.4, -0.2) is 25.4 Å². The Labute approximate surface area is 172 Å². The van der Waals surface area contributed by atoms with Crippen molar-refractivity contribution in [1.29, 1.82) is 0 Å². The first kappa shape index (κ1) is 19.7. The molecule has 0 aliphatic carbocycles. The van der Waals surface area contributed by atoms with Crippen LogP contribution in [0, 0.1) is 0 Å². The first-order valence-electron chi connectivity index (χ1n) is 9.46. The van der Waals surface area contributed by atoms with E-state index in [9.17, 15) is 18.0 Å². The molecule has 1 amide bonds. The molecule has 1 aliphatic heterocycles. The van der Waals surface area contributed by atoms with Crippen molar-refractivity contribution in [2.75, 3.05) is 16.2 Å². The summed E-state index contributed by atoms with van der Waals surface area (Å²) in [5, 5.41) is 0. The lowest BCUT2D eigenvalue weighted by molar-refractivity contribution is -0.117. The first-order chi connectivity index (χ1) is 13.9. The summed E-state index contributed by atoms with van der Waals surface area (Å²) in [5.74, 6) is 0.0435. The third-order valence-electron chi connectivity index (χ3n) is 4.88. The molecule has 2 heterocycles. The normalized spacial score (nSPS) is 14.7. The van der Waals surface area contributed by atoms with E-state index in [1.165, 1.54) is 12.1 Å². The summed E-state index contributed by atoms with van der Waals surface area (Å²) >= 11 is 1.05. The van der Waals surface area contributed by atoms with E-state index in [1.54, 1.807) is 39.8 Å². The summed E-state index contributed by atoms with van der Waals surface area (Å²) in [6.07, 6.45) is 2.13. The maximum atomic E-state index is 12.9. The van der Waals surface area contributed by atoms with Crippen molar-refractivity contribution in [3.63, 3.8) is 0 Å². The van der Waals surface area contributed by atoms with E-state index in [4.69, 9.17) is 0 Å². The van der Waals surface area contributed by atoms with E-state index >= 15 is 0 Å². The van der Waals surface area contributed by atoms with E-state index in [0.29, 0.717) is 35.6 Å². The summed E-state index contributed by atoms with van der Waals surface area (Å²) in [5.41, 5.74) is 1.81. The Bertz CT molecular complexity index is 1240. The van der Waals surface area contributed by atoms with Gasteiger partial charge >= 0.3 is 4.87 Å². The van der Waals surface area contributed by atoms with Gasteiger partial charge in [-0.3, -0.25) is 18.9 Å². The SMILES string of the molecule is CCCn1c(=O)sc2cc(S(=O)(=O)Nc3cccc(N4CCCC4=O)c3)ccc21. The Hall–Kier alpha value is -2.65. The molecule has 2 aromatic carbocycles. The van der Waals surface area contributed by atoms with E-state index < -0.39 is 10.0 Å². The molecule has 3 aromatic rings. The number of carbonyl (C=O) groups excluding carboxylic acids is 1. The Morgan fingerprint density at radius 3 is 2.69 bits per heavy atom. The smallest absolute Gasteiger partial charge is 0.308 e. The van der Waals surface area contributed by atoms with Crippen LogP contribution in [0.5, 0.6) is 0 Å². The average Bonchev–Trinajstić information content (AvgIpc) is 3.24. The minimum absolute atomic E-state index is 0.0435. The molecular weight excluding hydrogens is 410 g/mol. The molecule has 4 rings (SSSR count). The van der Waals surface area contributed by atoms with Crippen LogP contribution in [0.1, 0.15) is 26.2 Å². The van der Waals surface area contributed by atoms with Crippen molar-refractivity contribution >= 4 is 48.9 Å². The third-order valence-corrected chi connectivity index (χ3v) is 7.20. The fourth-order valence-electron chi connectivity index (χ4n) is 3.52. The number of hydrogen-bond acceptors (Lipinski definition) is 5. The highest BCUT2D eigenvalue weighted by atomic mass is 32.2. The number of nitrogens with zero attached hydrogens (tertiary/aromatic N) is 2.